The van der Waals surface area contributed by atoms with Gasteiger partial charge in [0.05, 0.1) is 149 Å². The molecule has 0 spiro atoms. The van der Waals surface area contributed by atoms with Crippen LogP contribution in [0.1, 0.15) is 18.3 Å². The Morgan fingerprint density at radius 2 is 1.33 bits per heavy atom. The standard InChI is InChI=1S/C49H65ClF3N9O21P2/c50-49-56-45(37-25-54-62(46(37)57-49)48-43(65)42(64)40(82-48)30-81-85(70,71)31-84(67,68)69)60-26-32(27-60)47(66)55-34-1-3-36(4-2-34)80-22-21-78-18-17-76-15-16-77-19-20-79-29-35-28-61(59-58-35)6-8-73-10-12-75-14-13-74-11-9-72-7-5-41(63)83-44-38(52)23-33(51)24-39(44)53/h1-4,23-25,28,32,40,42-43,48,64-65H,5-22,26-27,29-31H2,(H,55,66)(H,70,71)(H2,67,68,69)/t40-,42-,43-,48-/m1/s1. The van der Waals surface area contributed by atoms with E-state index in [-0.39, 0.29) is 69.4 Å². The van der Waals surface area contributed by atoms with E-state index in [1.54, 1.807) is 40.0 Å². The number of aliphatic hydroxyl groups excluding tert-OH is 2. The normalized spacial score (nSPS) is 18.0. The summed E-state index contributed by atoms with van der Waals surface area (Å²) in [5.74, 6) is -6.83. The molecule has 5 atom stereocenters. The highest BCUT2D eigenvalue weighted by Crippen LogP contribution is 2.55. The molecular weight excluding hydrogens is 1200 g/mol. The van der Waals surface area contributed by atoms with Crippen LogP contribution in [0.25, 0.3) is 11.0 Å². The van der Waals surface area contributed by atoms with E-state index >= 15 is 0 Å². The first-order valence-electron chi connectivity index (χ1n) is 26.4. The summed E-state index contributed by atoms with van der Waals surface area (Å²) >= 11 is 6.28. The molecule has 2 saturated heterocycles. The van der Waals surface area contributed by atoms with Crippen LogP contribution in [-0.2, 0) is 79.0 Å². The van der Waals surface area contributed by atoms with E-state index in [1.807, 2.05) is 0 Å². The number of nitrogens with zero attached hydrogens (tertiary/aromatic N) is 8. The van der Waals surface area contributed by atoms with Crippen LogP contribution in [0.3, 0.4) is 0 Å². The molecule has 1 unspecified atom stereocenters. The van der Waals surface area contributed by atoms with Crippen LogP contribution < -0.4 is 19.7 Å². The molecular formula is C49H65ClF3N9O21P2. The first kappa shape index (κ1) is 67.1. The Balaban J connectivity index is 0.634. The van der Waals surface area contributed by atoms with E-state index in [0.29, 0.717) is 126 Å². The number of halogens is 4. The first-order chi connectivity index (χ1) is 40.8. The topological polar surface area (TPSA) is 370 Å². The summed E-state index contributed by atoms with van der Waals surface area (Å²) in [6.07, 6.45) is -3.15. The summed E-state index contributed by atoms with van der Waals surface area (Å²) in [4.78, 5) is 63.1. The van der Waals surface area contributed by atoms with Crippen molar-refractivity contribution in [1.29, 1.82) is 0 Å². The summed E-state index contributed by atoms with van der Waals surface area (Å²) in [6.45, 7) is 5.39. The minimum absolute atomic E-state index is 0.0634. The molecule has 5 heterocycles. The minimum atomic E-state index is -4.91. The number of benzene rings is 2. The van der Waals surface area contributed by atoms with Crippen molar-refractivity contribution in [2.24, 2.45) is 5.92 Å². The van der Waals surface area contributed by atoms with E-state index in [0.717, 1.165) is 4.68 Å². The monoisotopic (exact) mass is 1270 g/mol. The molecule has 85 heavy (non-hydrogen) atoms. The molecule has 1 amide bonds. The van der Waals surface area contributed by atoms with Crippen LogP contribution in [0, 0.1) is 23.4 Å². The van der Waals surface area contributed by atoms with E-state index in [4.69, 9.17) is 73.3 Å². The number of esters is 1. The fourth-order valence-electron chi connectivity index (χ4n) is 7.98. The van der Waals surface area contributed by atoms with Crippen LogP contribution in [0.5, 0.6) is 11.5 Å². The second kappa shape index (κ2) is 33.7. The van der Waals surface area contributed by atoms with Crippen molar-refractivity contribution in [3.8, 4) is 11.5 Å². The fraction of sp³-hybridized carbons (Fsp3) is 0.571. The Morgan fingerprint density at radius 1 is 0.753 bits per heavy atom. The van der Waals surface area contributed by atoms with Gasteiger partial charge in [-0.25, -0.2) is 22.5 Å². The van der Waals surface area contributed by atoms with Crippen molar-refractivity contribution in [3.63, 3.8) is 0 Å². The number of aliphatic hydroxyl groups is 2. The average molecular weight is 1270 g/mol. The van der Waals surface area contributed by atoms with Crippen molar-refractivity contribution < 1.29 is 113 Å². The number of carbonyl (C=O) groups excluding carboxylic acids is 2. The van der Waals surface area contributed by atoms with Gasteiger partial charge >= 0.3 is 21.2 Å². The molecule has 2 aliphatic heterocycles. The van der Waals surface area contributed by atoms with E-state index in [2.05, 4.69) is 35.4 Å². The molecule has 2 aromatic carbocycles. The molecule has 36 heteroatoms. The van der Waals surface area contributed by atoms with Crippen molar-refractivity contribution in [2.75, 3.05) is 142 Å². The second-order valence-corrected chi connectivity index (χ2v) is 23.0. The van der Waals surface area contributed by atoms with Gasteiger partial charge in [-0.2, -0.15) is 15.1 Å². The van der Waals surface area contributed by atoms with Crippen LogP contribution in [0.15, 0.2) is 48.8 Å². The summed E-state index contributed by atoms with van der Waals surface area (Å²) < 4.78 is 131. The predicted molar refractivity (Wildman–Crippen MR) is 287 cm³/mol. The van der Waals surface area contributed by atoms with Crippen molar-refractivity contribution in [2.45, 2.75) is 44.1 Å². The maximum absolute atomic E-state index is 13.6. The molecule has 3 aromatic heterocycles. The third-order valence-corrected chi connectivity index (χ3v) is 15.7. The van der Waals surface area contributed by atoms with Gasteiger partial charge < -0.3 is 91.7 Å². The predicted octanol–water partition coefficient (Wildman–Crippen LogP) is 2.23. The van der Waals surface area contributed by atoms with Crippen LogP contribution >= 0.6 is 26.8 Å². The van der Waals surface area contributed by atoms with E-state index < -0.39 is 87.3 Å². The Labute approximate surface area is 488 Å². The molecule has 7 rings (SSSR count). The highest BCUT2D eigenvalue weighted by molar-refractivity contribution is 7.70. The Hall–Kier alpha value is -5.39. The zero-order valence-electron chi connectivity index (χ0n) is 45.5. The lowest BCUT2D eigenvalue weighted by Gasteiger charge is -2.39. The number of fused-ring (bicyclic) bond motifs is 1. The van der Waals surface area contributed by atoms with Crippen molar-refractivity contribution in [3.05, 3.63) is 77.2 Å². The number of rotatable bonds is 40. The quantitative estimate of drug-likeness (QED) is 0.0108. The van der Waals surface area contributed by atoms with Gasteiger partial charge in [0.1, 0.15) is 48.0 Å². The zero-order valence-corrected chi connectivity index (χ0v) is 48.1. The highest BCUT2D eigenvalue weighted by atomic mass is 35.5. The summed E-state index contributed by atoms with van der Waals surface area (Å²) in [5.41, 5.74) is 1.32. The average Bonchev–Trinajstić information content (AvgIpc) is 2.91. The SMILES string of the molecule is O=C(CCOCCOCCOCCOCCn1cc(COCCOCCOCCOCCOc2ccc(NC(=O)C3CN(c4nc(Cl)nc5c4cnn5[C@@H]4O[C@H](COP(=O)(O)CP(=O)(O)O)[C@@H](O)[C@H]4O)C3)cc2)nn1)Oc1c(F)cc(F)cc1F. The van der Waals surface area contributed by atoms with E-state index in [9.17, 15) is 47.0 Å². The Kier molecular flexibility index (Phi) is 26.6. The number of hydrogen-bond donors (Lipinski definition) is 6. The Morgan fingerprint density at radius 3 is 1.94 bits per heavy atom. The number of carbonyl (C=O) groups is 2. The number of nitrogens with one attached hydrogen (secondary N) is 1. The first-order valence-corrected chi connectivity index (χ1v) is 30.3. The van der Waals surface area contributed by atoms with Crippen LogP contribution in [0.4, 0.5) is 24.7 Å². The smallest absolute Gasteiger partial charge is 0.340 e. The van der Waals surface area contributed by atoms with Gasteiger partial charge in [-0.15, -0.1) is 5.10 Å². The lowest BCUT2D eigenvalue weighted by molar-refractivity contribution is -0.136. The van der Waals surface area contributed by atoms with E-state index in [1.165, 1.54) is 6.20 Å². The van der Waals surface area contributed by atoms with Gasteiger partial charge in [0.15, 0.2) is 29.4 Å². The lowest BCUT2D eigenvalue weighted by atomic mass is 9.98. The fourth-order valence-corrected chi connectivity index (χ4v) is 10.7. The van der Waals surface area contributed by atoms with Gasteiger partial charge in [0.25, 0.3) is 0 Å². The molecule has 0 radical (unpaired) electrons. The third-order valence-electron chi connectivity index (χ3n) is 12.1. The molecule has 0 bridgehead atoms. The molecule has 0 saturated carbocycles. The number of ether oxygens (including phenoxy) is 11. The number of amides is 1. The summed E-state index contributed by atoms with van der Waals surface area (Å²) in [5, 5.41) is 36.9. The van der Waals surface area contributed by atoms with Gasteiger partial charge in [-0.3, -0.25) is 18.7 Å². The van der Waals surface area contributed by atoms with Gasteiger partial charge in [-0.05, 0) is 35.9 Å². The lowest BCUT2D eigenvalue weighted by Crippen LogP contribution is -2.52. The largest absolute Gasteiger partial charge is 0.491 e. The van der Waals surface area contributed by atoms with Crippen LogP contribution in [-0.4, -0.2) is 221 Å². The maximum atomic E-state index is 13.6. The van der Waals surface area contributed by atoms with Gasteiger partial charge in [-0.1, -0.05) is 5.21 Å². The highest BCUT2D eigenvalue weighted by Gasteiger charge is 2.46. The molecule has 470 valence electrons. The van der Waals surface area contributed by atoms with Gasteiger partial charge in [0, 0.05) is 30.9 Å². The van der Waals surface area contributed by atoms with Crippen LogP contribution in [0.2, 0.25) is 5.28 Å². The summed E-state index contributed by atoms with van der Waals surface area (Å²) in [7, 11) is -9.68. The third kappa shape index (κ3) is 22.1. The second-order valence-electron chi connectivity index (χ2n) is 18.6. The number of hydrogen-bond acceptors (Lipinski definition) is 24. The molecule has 6 N–H and O–H groups in total. The maximum Gasteiger partial charge on any atom is 0.340 e. The number of anilines is 2. The minimum Gasteiger partial charge on any atom is -0.491 e. The summed E-state index contributed by atoms with van der Waals surface area (Å²) in [6, 6.07) is 7.69. The molecule has 2 fully saturated rings. The zero-order chi connectivity index (χ0) is 60.8. The molecule has 30 nitrogen and oxygen atoms in total. The van der Waals surface area contributed by atoms with Gasteiger partial charge in [0.2, 0.25) is 16.9 Å². The molecule has 0 aliphatic carbocycles. The molecule has 5 aromatic rings. The number of aromatic nitrogens is 7. The van der Waals surface area contributed by atoms with Crippen molar-refractivity contribution in [1.82, 2.24) is 34.7 Å². The van der Waals surface area contributed by atoms with Crippen molar-refractivity contribution >= 4 is 61.2 Å². The molecule has 2 aliphatic rings. The Bertz CT molecular complexity index is 2980.